The number of methoxy groups -OCH3 is 1. The van der Waals surface area contributed by atoms with E-state index in [9.17, 15) is 4.79 Å². The minimum Gasteiger partial charge on any atom is -0.497 e. The van der Waals surface area contributed by atoms with Crippen LogP contribution in [0.25, 0.3) is 0 Å². The van der Waals surface area contributed by atoms with Gasteiger partial charge in [0.1, 0.15) is 17.3 Å². The van der Waals surface area contributed by atoms with Crippen molar-refractivity contribution in [3.05, 3.63) is 36.0 Å². The van der Waals surface area contributed by atoms with Crippen LogP contribution in [-0.4, -0.2) is 74.8 Å². The Bertz CT molecular complexity index is 802. The summed E-state index contributed by atoms with van der Waals surface area (Å²) >= 11 is 0. The predicted molar refractivity (Wildman–Crippen MR) is 108 cm³/mol. The number of nitrogens with zero attached hydrogens (tertiary/aromatic N) is 5. The van der Waals surface area contributed by atoms with Gasteiger partial charge in [-0.2, -0.15) is 4.98 Å². The SMILES string of the molecule is COc1ccc(OCC(=O)N2CCN(c3nc(C)cc(N(C)C)n3)CC2)cc1. The van der Waals surface area contributed by atoms with E-state index in [1.165, 1.54) is 0 Å². The fourth-order valence-corrected chi connectivity index (χ4v) is 2.97. The smallest absolute Gasteiger partial charge is 0.260 e. The Labute approximate surface area is 165 Å². The maximum Gasteiger partial charge on any atom is 0.260 e. The van der Waals surface area contributed by atoms with Crippen LogP contribution in [0.5, 0.6) is 11.5 Å². The van der Waals surface area contributed by atoms with Gasteiger partial charge in [-0.25, -0.2) is 4.98 Å². The number of hydrogen-bond donors (Lipinski definition) is 0. The van der Waals surface area contributed by atoms with E-state index >= 15 is 0 Å². The zero-order chi connectivity index (χ0) is 20.1. The average molecular weight is 385 g/mol. The van der Waals surface area contributed by atoms with Gasteiger partial charge >= 0.3 is 0 Å². The van der Waals surface area contributed by atoms with Crippen molar-refractivity contribution in [3.8, 4) is 11.5 Å². The number of aromatic nitrogens is 2. The molecule has 3 rings (SSSR count). The van der Waals surface area contributed by atoms with Crippen LogP contribution in [-0.2, 0) is 4.79 Å². The summed E-state index contributed by atoms with van der Waals surface area (Å²) in [5, 5.41) is 0. The first kappa shape index (κ1) is 19.7. The number of ether oxygens (including phenoxy) is 2. The van der Waals surface area contributed by atoms with Gasteiger partial charge in [0.2, 0.25) is 5.95 Å². The van der Waals surface area contributed by atoms with E-state index in [1.807, 2.05) is 49.0 Å². The molecule has 0 radical (unpaired) electrons. The normalized spacial score (nSPS) is 14.0. The van der Waals surface area contributed by atoms with Crippen molar-refractivity contribution in [2.24, 2.45) is 0 Å². The van der Waals surface area contributed by atoms with E-state index in [0.717, 1.165) is 17.3 Å². The summed E-state index contributed by atoms with van der Waals surface area (Å²) in [5.74, 6) is 2.98. The first-order valence-electron chi connectivity index (χ1n) is 9.29. The highest BCUT2D eigenvalue weighted by Crippen LogP contribution is 2.19. The average Bonchev–Trinajstić information content (AvgIpc) is 2.72. The van der Waals surface area contributed by atoms with E-state index in [4.69, 9.17) is 9.47 Å². The number of benzene rings is 1. The lowest BCUT2D eigenvalue weighted by atomic mass is 10.3. The number of carbonyl (C=O) groups is 1. The summed E-state index contributed by atoms with van der Waals surface area (Å²) in [6.45, 7) is 4.64. The van der Waals surface area contributed by atoms with Crippen LogP contribution in [0.15, 0.2) is 30.3 Å². The molecule has 0 N–H and O–H groups in total. The molecule has 150 valence electrons. The minimum absolute atomic E-state index is 0.0189. The Kier molecular flexibility index (Phi) is 6.18. The predicted octanol–water partition coefficient (Wildman–Crippen LogP) is 1.59. The number of hydrogen-bond acceptors (Lipinski definition) is 7. The van der Waals surface area contributed by atoms with Crippen LogP contribution in [0.3, 0.4) is 0 Å². The molecule has 2 aromatic rings. The summed E-state index contributed by atoms with van der Waals surface area (Å²) in [7, 11) is 5.54. The molecule has 1 fully saturated rings. The van der Waals surface area contributed by atoms with Crippen LogP contribution >= 0.6 is 0 Å². The van der Waals surface area contributed by atoms with E-state index in [-0.39, 0.29) is 12.5 Å². The van der Waals surface area contributed by atoms with Gasteiger partial charge in [0, 0.05) is 52.0 Å². The summed E-state index contributed by atoms with van der Waals surface area (Å²) in [4.78, 5) is 27.5. The molecule has 0 unspecified atom stereocenters. The molecule has 0 bridgehead atoms. The third-order valence-corrected chi connectivity index (χ3v) is 4.62. The third kappa shape index (κ3) is 4.82. The fraction of sp³-hybridized carbons (Fsp3) is 0.450. The maximum absolute atomic E-state index is 12.5. The van der Waals surface area contributed by atoms with Crippen molar-refractivity contribution in [2.45, 2.75) is 6.92 Å². The molecule has 0 spiro atoms. The summed E-state index contributed by atoms with van der Waals surface area (Å²) in [6, 6.07) is 9.16. The molecule has 1 amide bonds. The van der Waals surface area contributed by atoms with Gasteiger partial charge in [0.05, 0.1) is 7.11 Å². The molecule has 0 saturated carbocycles. The Morgan fingerprint density at radius 3 is 2.32 bits per heavy atom. The van der Waals surface area contributed by atoms with Gasteiger partial charge in [-0.3, -0.25) is 4.79 Å². The maximum atomic E-state index is 12.5. The highest BCUT2D eigenvalue weighted by atomic mass is 16.5. The Hall–Kier alpha value is -3.03. The fourth-order valence-electron chi connectivity index (χ4n) is 2.97. The number of aryl methyl sites for hydroxylation is 1. The lowest BCUT2D eigenvalue weighted by Crippen LogP contribution is -2.50. The van der Waals surface area contributed by atoms with Crippen molar-refractivity contribution in [1.29, 1.82) is 0 Å². The van der Waals surface area contributed by atoms with E-state index in [1.54, 1.807) is 19.2 Å². The lowest BCUT2D eigenvalue weighted by molar-refractivity contribution is -0.133. The van der Waals surface area contributed by atoms with E-state index in [2.05, 4.69) is 14.9 Å². The molecule has 0 aliphatic carbocycles. The van der Waals surface area contributed by atoms with Crippen LogP contribution < -0.4 is 19.3 Å². The molecule has 8 nitrogen and oxygen atoms in total. The number of piperazine rings is 1. The molecule has 1 aromatic heterocycles. The molecule has 1 aromatic carbocycles. The summed E-state index contributed by atoms with van der Waals surface area (Å²) in [6.07, 6.45) is 0. The van der Waals surface area contributed by atoms with Gasteiger partial charge in [0.25, 0.3) is 5.91 Å². The van der Waals surface area contributed by atoms with E-state index < -0.39 is 0 Å². The molecule has 2 heterocycles. The molecule has 8 heteroatoms. The van der Waals surface area contributed by atoms with Crippen LogP contribution in [0, 0.1) is 6.92 Å². The van der Waals surface area contributed by atoms with Gasteiger partial charge in [-0.15, -0.1) is 0 Å². The van der Waals surface area contributed by atoms with Crippen LogP contribution in [0.1, 0.15) is 5.69 Å². The Morgan fingerprint density at radius 2 is 1.71 bits per heavy atom. The molecule has 28 heavy (non-hydrogen) atoms. The molecule has 1 saturated heterocycles. The van der Waals surface area contributed by atoms with Crippen molar-refractivity contribution in [1.82, 2.24) is 14.9 Å². The largest absolute Gasteiger partial charge is 0.497 e. The van der Waals surface area contributed by atoms with Gasteiger partial charge < -0.3 is 24.2 Å². The third-order valence-electron chi connectivity index (χ3n) is 4.62. The van der Waals surface area contributed by atoms with Crippen LogP contribution in [0.2, 0.25) is 0 Å². The van der Waals surface area contributed by atoms with Crippen LogP contribution in [0.4, 0.5) is 11.8 Å². The van der Waals surface area contributed by atoms with Crippen molar-refractivity contribution in [3.63, 3.8) is 0 Å². The quantitative estimate of drug-likeness (QED) is 0.748. The second kappa shape index (κ2) is 8.77. The number of carbonyl (C=O) groups excluding carboxylic acids is 1. The van der Waals surface area contributed by atoms with Crippen molar-refractivity contribution >= 4 is 17.7 Å². The molecule has 1 aliphatic rings. The van der Waals surface area contributed by atoms with Gasteiger partial charge in [-0.1, -0.05) is 0 Å². The van der Waals surface area contributed by atoms with E-state index in [0.29, 0.717) is 37.9 Å². The number of anilines is 2. The monoisotopic (exact) mass is 385 g/mol. The topological polar surface area (TPSA) is 71.0 Å². The second-order valence-electron chi connectivity index (χ2n) is 6.89. The zero-order valence-corrected chi connectivity index (χ0v) is 16.9. The molecule has 0 atom stereocenters. The Morgan fingerprint density at radius 1 is 1.07 bits per heavy atom. The van der Waals surface area contributed by atoms with Gasteiger partial charge in [0.15, 0.2) is 6.61 Å². The minimum atomic E-state index is -0.0189. The Balaban J connectivity index is 1.52. The summed E-state index contributed by atoms with van der Waals surface area (Å²) in [5.41, 5.74) is 0.931. The number of rotatable bonds is 6. The first-order chi connectivity index (χ1) is 13.5. The first-order valence-corrected chi connectivity index (χ1v) is 9.29. The highest BCUT2D eigenvalue weighted by molar-refractivity contribution is 5.78. The van der Waals surface area contributed by atoms with Gasteiger partial charge in [-0.05, 0) is 31.2 Å². The second-order valence-corrected chi connectivity index (χ2v) is 6.89. The lowest BCUT2D eigenvalue weighted by Gasteiger charge is -2.35. The molecule has 1 aliphatic heterocycles. The molecular weight excluding hydrogens is 358 g/mol. The number of amides is 1. The molecular formula is C20H27N5O3. The highest BCUT2D eigenvalue weighted by Gasteiger charge is 2.23. The van der Waals surface area contributed by atoms with Crippen molar-refractivity contribution in [2.75, 3.05) is 63.8 Å². The zero-order valence-electron chi connectivity index (χ0n) is 16.9. The van der Waals surface area contributed by atoms with Crippen molar-refractivity contribution < 1.29 is 14.3 Å². The standard InChI is InChI=1S/C20H27N5O3/c1-15-13-18(23(2)3)22-20(21-15)25-11-9-24(10-12-25)19(26)14-28-17-7-5-16(27-4)6-8-17/h5-8,13H,9-12,14H2,1-4H3. The summed E-state index contributed by atoms with van der Waals surface area (Å²) < 4.78 is 10.7.